The van der Waals surface area contributed by atoms with Crippen molar-refractivity contribution in [3.63, 3.8) is 0 Å². The van der Waals surface area contributed by atoms with Gasteiger partial charge in [0.2, 0.25) is 0 Å². The molecule has 0 spiro atoms. The Morgan fingerprint density at radius 1 is 0.708 bits per heavy atom. The number of hydrogen-bond acceptors (Lipinski definition) is 2. The summed E-state index contributed by atoms with van der Waals surface area (Å²) in [6, 6.07) is 27.4. The largest absolute Gasteiger partial charge is 0.496 e. The van der Waals surface area contributed by atoms with Gasteiger partial charge in [-0.3, -0.25) is 0 Å². The van der Waals surface area contributed by atoms with Crippen molar-refractivity contribution in [2.45, 2.75) is 6.54 Å². The van der Waals surface area contributed by atoms with Gasteiger partial charge >= 0.3 is 0 Å². The molecule has 0 aliphatic rings. The second-order valence-corrected chi connectivity index (χ2v) is 5.85. The van der Waals surface area contributed by atoms with Crippen molar-refractivity contribution in [1.29, 1.82) is 0 Å². The molecule has 24 heavy (non-hydrogen) atoms. The molecule has 4 aromatic rings. The third-order valence-corrected chi connectivity index (χ3v) is 4.46. The van der Waals surface area contributed by atoms with E-state index in [0.717, 1.165) is 18.0 Å². The standard InChI is InChI=1S/C22H19NO/c1-24-22-14-13-17-8-2-4-10-18(17)20(22)15-23-21-12-6-9-16-7-3-5-11-19(16)21/h2-14,23H,15H2,1H3. The maximum Gasteiger partial charge on any atom is 0.124 e. The number of anilines is 1. The summed E-state index contributed by atoms with van der Waals surface area (Å²) in [6.45, 7) is 0.721. The highest BCUT2D eigenvalue weighted by Crippen LogP contribution is 2.30. The summed E-state index contributed by atoms with van der Waals surface area (Å²) < 4.78 is 5.59. The van der Waals surface area contributed by atoms with Gasteiger partial charge in [-0.1, -0.05) is 66.7 Å². The van der Waals surface area contributed by atoms with Crippen molar-refractivity contribution in [1.82, 2.24) is 0 Å². The Labute approximate surface area is 141 Å². The van der Waals surface area contributed by atoms with Crippen molar-refractivity contribution >= 4 is 27.2 Å². The van der Waals surface area contributed by atoms with Gasteiger partial charge in [0.05, 0.1) is 7.11 Å². The maximum absolute atomic E-state index is 5.59. The highest BCUT2D eigenvalue weighted by Gasteiger charge is 2.09. The molecule has 0 heterocycles. The van der Waals surface area contributed by atoms with E-state index in [4.69, 9.17) is 4.74 Å². The van der Waals surface area contributed by atoms with E-state index in [-0.39, 0.29) is 0 Å². The summed E-state index contributed by atoms with van der Waals surface area (Å²) in [6.07, 6.45) is 0. The smallest absolute Gasteiger partial charge is 0.124 e. The zero-order valence-electron chi connectivity index (χ0n) is 13.6. The van der Waals surface area contributed by atoms with E-state index in [1.165, 1.54) is 27.1 Å². The molecule has 1 N–H and O–H groups in total. The first kappa shape index (κ1) is 14.6. The topological polar surface area (TPSA) is 21.3 Å². The van der Waals surface area contributed by atoms with E-state index in [1.807, 2.05) is 6.07 Å². The van der Waals surface area contributed by atoms with Crippen molar-refractivity contribution in [3.8, 4) is 5.75 Å². The third kappa shape index (κ3) is 2.56. The van der Waals surface area contributed by atoms with Crippen LogP contribution in [0.2, 0.25) is 0 Å². The summed E-state index contributed by atoms with van der Waals surface area (Å²) in [5, 5.41) is 8.53. The summed E-state index contributed by atoms with van der Waals surface area (Å²) in [4.78, 5) is 0. The molecule has 4 rings (SSSR count). The molecule has 118 valence electrons. The number of hydrogen-bond donors (Lipinski definition) is 1. The van der Waals surface area contributed by atoms with Crippen LogP contribution in [-0.4, -0.2) is 7.11 Å². The molecule has 0 bridgehead atoms. The molecule has 0 fully saturated rings. The zero-order valence-corrected chi connectivity index (χ0v) is 13.6. The Bertz CT molecular complexity index is 1000. The first-order valence-corrected chi connectivity index (χ1v) is 8.13. The monoisotopic (exact) mass is 313 g/mol. The van der Waals surface area contributed by atoms with E-state index in [0.29, 0.717) is 0 Å². The Balaban J connectivity index is 1.74. The summed E-state index contributed by atoms with van der Waals surface area (Å²) in [7, 11) is 1.73. The number of benzene rings is 4. The SMILES string of the molecule is COc1ccc2ccccc2c1CNc1cccc2ccccc12. The first-order valence-electron chi connectivity index (χ1n) is 8.13. The number of rotatable bonds is 4. The molecule has 2 heteroatoms. The van der Waals surface area contributed by atoms with Crippen molar-refractivity contribution < 1.29 is 4.74 Å². The average molecular weight is 313 g/mol. The number of ether oxygens (including phenoxy) is 1. The fourth-order valence-electron chi connectivity index (χ4n) is 3.25. The normalized spacial score (nSPS) is 10.9. The van der Waals surface area contributed by atoms with Gasteiger partial charge in [-0.2, -0.15) is 0 Å². The Morgan fingerprint density at radius 3 is 2.17 bits per heavy atom. The molecule has 4 aromatic carbocycles. The van der Waals surface area contributed by atoms with Crippen LogP contribution in [0.25, 0.3) is 21.5 Å². The van der Waals surface area contributed by atoms with Gasteiger partial charge in [0, 0.05) is 23.2 Å². The van der Waals surface area contributed by atoms with Crippen LogP contribution in [0.4, 0.5) is 5.69 Å². The Kier molecular flexibility index (Phi) is 3.80. The lowest BCUT2D eigenvalue weighted by Gasteiger charge is -2.15. The number of fused-ring (bicyclic) bond motifs is 2. The van der Waals surface area contributed by atoms with Gasteiger partial charge in [-0.15, -0.1) is 0 Å². The second kappa shape index (κ2) is 6.25. The maximum atomic E-state index is 5.59. The fourth-order valence-corrected chi connectivity index (χ4v) is 3.25. The predicted molar refractivity (Wildman–Crippen MR) is 102 cm³/mol. The summed E-state index contributed by atoms with van der Waals surface area (Å²) in [5.41, 5.74) is 2.33. The fraction of sp³-hybridized carbons (Fsp3) is 0.0909. The predicted octanol–water partition coefficient (Wildman–Crippen LogP) is 5.61. The van der Waals surface area contributed by atoms with Crippen LogP contribution < -0.4 is 10.1 Å². The molecule has 0 aliphatic carbocycles. The molecular formula is C22H19NO. The van der Waals surface area contributed by atoms with Gasteiger partial charge in [-0.25, -0.2) is 0 Å². The first-order chi connectivity index (χ1) is 11.9. The summed E-state index contributed by atoms with van der Waals surface area (Å²) in [5.74, 6) is 0.918. The molecule has 0 atom stereocenters. The highest BCUT2D eigenvalue weighted by atomic mass is 16.5. The molecule has 0 unspecified atom stereocenters. The lowest BCUT2D eigenvalue weighted by Crippen LogP contribution is -2.03. The van der Waals surface area contributed by atoms with E-state index < -0.39 is 0 Å². The Hall–Kier alpha value is -3.00. The van der Waals surface area contributed by atoms with Crippen LogP contribution in [-0.2, 0) is 6.54 Å². The average Bonchev–Trinajstić information content (AvgIpc) is 2.66. The van der Waals surface area contributed by atoms with E-state index in [9.17, 15) is 0 Å². The lowest BCUT2D eigenvalue weighted by molar-refractivity contribution is 0.411. The zero-order chi connectivity index (χ0) is 16.4. The molecule has 2 nitrogen and oxygen atoms in total. The van der Waals surface area contributed by atoms with Crippen molar-refractivity contribution in [3.05, 3.63) is 84.4 Å². The molecule has 0 radical (unpaired) electrons. The Morgan fingerprint density at radius 2 is 1.38 bits per heavy atom. The van der Waals surface area contributed by atoms with Crippen LogP contribution in [0, 0.1) is 0 Å². The molecule has 0 saturated carbocycles. The highest BCUT2D eigenvalue weighted by molar-refractivity contribution is 5.94. The second-order valence-electron chi connectivity index (χ2n) is 5.85. The van der Waals surface area contributed by atoms with Crippen molar-refractivity contribution in [2.75, 3.05) is 12.4 Å². The van der Waals surface area contributed by atoms with Crippen LogP contribution in [0.3, 0.4) is 0 Å². The van der Waals surface area contributed by atoms with Gasteiger partial charge in [-0.05, 0) is 28.3 Å². The number of nitrogens with one attached hydrogen (secondary N) is 1. The minimum absolute atomic E-state index is 0.721. The molecule has 0 aromatic heterocycles. The van der Waals surface area contributed by atoms with Gasteiger partial charge in [0.1, 0.15) is 5.75 Å². The molecular weight excluding hydrogens is 294 g/mol. The van der Waals surface area contributed by atoms with Gasteiger partial charge < -0.3 is 10.1 Å². The van der Waals surface area contributed by atoms with Gasteiger partial charge in [0.15, 0.2) is 0 Å². The molecule has 0 saturated heterocycles. The van der Waals surface area contributed by atoms with Crippen LogP contribution in [0.5, 0.6) is 5.75 Å². The van der Waals surface area contributed by atoms with E-state index >= 15 is 0 Å². The van der Waals surface area contributed by atoms with E-state index in [1.54, 1.807) is 7.11 Å². The lowest BCUT2D eigenvalue weighted by atomic mass is 10.0. The van der Waals surface area contributed by atoms with Gasteiger partial charge in [0.25, 0.3) is 0 Å². The molecule has 0 aliphatic heterocycles. The van der Waals surface area contributed by atoms with Crippen LogP contribution in [0.15, 0.2) is 78.9 Å². The quantitative estimate of drug-likeness (QED) is 0.528. The molecule has 0 amide bonds. The number of methoxy groups -OCH3 is 1. The minimum atomic E-state index is 0.721. The van der Waals surface area contributed by atoms with E-state index in [2.05, 4.69) is 78.1 Å². The van der Waals surface area contributed by atoms with Crippen molar-refractivity contribution in [2.24, 2.45) is 0 Å². The third-order valence-electron chi connectivity index (χ3n) is 4.46. The van der Waals surface area contributed by atoms with Crippen LogP contribution >= 0.6 is 0 Å². The minimum Gasteiger partial charge on any atom is -0.496 e. The summed E-state index contributed by atoms with van der Waals surface area (Å²) >= 11 is 0. The van der Waals surface area contributed by atoms with Crippen LogP contribution in [0.1, 0.15) is 5.56 Å².